The first-order valence-corrected chi connectivity index (χ1v) is 5.55. The maximum absolute atomic E-state index is 11.5. The molecule has 1 aromatic heterocycles. The second-order valence-electron chi connectivity index (χ2n) is 4.38. The van der Waals surface area contributed by atoms with Gasteiger partial charge < -0.3 is 14.9 Å². The molecule has 0 aliphatic heterocycles. The molecule has 0 saturated heterocycles. The summed E-state index contributed by atoms with van der Waals surface area (Å²) in [5, 5.41) is 14.8. The molecule has 2 N–H and O–H groups in total. The summed E-state index contributed by atoms with van der Waals surface area (Å²) < 4.78 is 4.86. The maximum Gasteiger partial charge on any atom is 0.358 e. The zero-order valence-electron chi connectivity index (χ0n) is 10.6. The van der Waals surface area contributed by atoms with E-state index in [0.717, 1.165) is 0 Å². The van der Waals surface area contributed by atoms with Gasteiger partial charge in [0.2, 0.25) is 5.91 Å². The van der Waals surface area contributed by atoms with E-state index in [4.69, 9.17) is 9.63 Å². The zero-order valence-corrected chi connectivity index (χ0v) is 10.6. The number of rotatable bonds is 6. The van der Waals surface area contributed by atoms with Crippen molar-refractivity contribution in [3.8, 4) is 0 Å². The van der Waals surface area contributed by atoms with Gasteiger partial charge in [0.1, 0.15) is 0 Å². The molecular weight excluding hydrogens is 238 g/mol. The first-order valence-electron chi connectivity index (χ1n) is 5.55. The van der Waals surface area contributed by atoms with Gasteiger partial charge in [-0.05, 0) is 20.9 Å². The first-order chi connectivity index (χ1) is 8.38. The van der Waals surface area contributed by atoms with Crippen LogP contribution in [0.1, 0.15) is 30.1 Å². The summed E-state index contributed by atoms with van der Waals surface area (Å²) in [6.07, 6.45) is 0. The molecule has 0 unspecified atom stereocenters. The second kappa shape index (κ2) is 6.15. The zero-order chi connectivity index (χ0) is 13.7. The van der Waals surface area contributed by atoms with Crippen LogP contribution in [0.4, 0.5) is 0 Å². The average molecular weight is 255 g/mol. The van der Waals surface area contributed by atoms with Crippen molar-refractivity contribution in [2.24, 2.45) is 0 Å². The van der Waals surface area contributed by atoms with Gasteiger partial charge in [-0.2, -0.15) is 0 Å². The summed E-state index contributed by atoms with van der Waals surface area (Å²) in [5.41, 5.74) is -0.134. The lowest BCUT2D eigenvalue weighted by molar-refractivity contribution is -0.122. The van der Waals surface area contributed by atoms with Crippen LogP contribution in [0, 0.1) is 0 Å². The van der Waals surface area contributed by atoms with Crippen molar-refractivity contribution in [3.63, 3.8) is 0 Å². The van der Waals surface area contributed by atoms with Crippen molar-refractivity contribution in [3.05, 3.63) is 17.5 Å². The van der Waals surface area contributed by atoms with E-state index in [1.165, 1.54) is 6.07 Å². The normalized spacial score (nSPS) is 10.9. The van der Waals surface area contributed by atoms with Crippen molar-refractivity contribution in [2.75, 3.05) is 13.6 Å². The lowest BCUT2D eigenvalue weighted by Crippen LogP contribution is -2.38. The van der Waals surface area contributed by atoms with Crippen molar-refractivity contribution in [1.82, 2.24) is 15.4 Å². The van der Waals surface area contributed by atoms with E-state index < -0.39 is 5.97 Å². The summed E-state index contributed by atoms with van der Waals surface area (Å²) in [5.74, 6) is -0.817. The quantitative estimate of drug-likeness (QED) is 0.760. The van der Waals surface area contributed by atoms with E-state index in [-0.39, 0.29) is 24.2 Å². The van der Waals surface area contributed by atoms with Crippen LogP contribution < -0.4 is 5.32 Å². The van der Waals surface area contributed by atoms with Gasteiger partial charge in [-0.25, -0.2) is 4.79 Å². The molecule has 0 bridgehead atoms. The second-order valence-corrected chi connectivity index (χ2v) is 4.38. The van der Waals surface area contributed by atoms with E-state index in [0.29, 0.717) is 12.3 Å². The predicted molar refractivity (Wildman–Crippen MR) is 63.1 cm³/mol. The Morgan fingerprint density at radius 2 is 2.22 bits per heavy atom. The topological polar surface area (TPSA) is 95.7 Å². The van der Waals surface area contributed by atoms with Crippen LogP contribution in [0.5, 0.6) is 0 Å². The molecule has 0 aromatic carbocycles. The SMILES string of the molecule is CC(C)NC(=O)CN(C)Cc1cc(C(=O)O)no1. The molecule has 1 aromatic rings. The Morgan fingerprint density at radius 3 is 2.72 bits per heavy atom. The third-order valence-electron chi connectivity index (χ3n) is 2.07. The Kier molecular flexibility index (Phi) is 4.85. The molecule has 1 rings (SSSR count). The molecule has 0 atom stereocenters. The number of aromatic carboxylic acids is 1. The fourth-order valence-electron chi connectivity index (χ4n) is 1.42. The Bertz CT molecular complexity index is 428. The molecule has 0 aliphatic rings. The molecule has 0 radical (unpaired) electrons. The molecule has 7 nitrogen and oxygen atoms in total. The molecule has 1 heterocycles. The number of aromatic nitrogens is 1. The molecule has 100 valence electrons. The van der Waals surface area contributed by atoms with Crippen LogP contribution in [0.2, 0.25) is 0 Å². The van der Waals surface area contributed by atoms with Crippen LogP contribution in [0.25, 0.3) is 0 Å². The number of nitrogens with zero attached hydrogens (tertiary/aromatic N) is 2. The number of hydrogen-bond acceptors (Lipinski definition) is 5. The van der Waals surface area contributed by atoms with Gasteiger partial charge in [-0.3, -0.25) is 9.69 Å². The predicted octanol–water partition coefficient (Wildman–Crippen LogP) is 0.329. The molecular formula is C11H17N3O4. The molecule has 1 amide bonds. The average Bonchev–Trinajstić information content (AvgIpc) is 2.63. The smallest absolute Gasteiger partial charge is 0.358 e. The van der Waals surface area contributed by atoms with Crippen molar-refractivity contribution < 1.29 is 19.2 Å². The minimum Gasteiger partial charge on any atom is -0.476 e. The Balaban J connectivity index is 2.46. The monoisotopic (exact) mass is 255 g/mol. The van der Waals surface area contributed by atoms with Gasteiger partial charge in [-0.15, -0.1) is 0 Å². The summed E-state index contributed by atoms with van der Waals surface area (Å²) in [4.78, 5) is 23.8. The lowest BCUT2D eigenvalue weighted by atomic mass is 10.3. The van der Waals surface area contributed by atoms with Crippen molar-refractivity contribution in [1.29, 1.82) is 0 Å². The largest absolute Gasteiger partial charge is 0.476 e. The Hall–Kier alpha value is -1.89. The Labute approximate surface area is 105 Å². The highest BCUT2D eigenvalue weighted by Crippen LogP contribution is 2.06. The number of carboxylic acids is 1. The van der Waals surface area contributed by atoms with Crippen LogP contribution in [0.3, 0.4) is 0 Å². The third kappa shape index (κ3) is 4.54. The van der Waals surface area contributed by atoms with Gasteiger partial charge >= 0.3 is 5.97 Å². The number of nitrogens with one attached hydrogen (secondary N) is 1. The molecule has 0 saturated carbocycles. The number of hydrogen-bond donors (Lipinski definition) is 2. The van der Waals surface area contributed by atoms with Gasteiger partial charge in [0, 0.05) is 12.1 Å². The third-order valence-corrected chi connectivity index (χ3v) is 2.07. The number of likely N-dealkylation sites (N-methyl/N-ethyl adjacent to an activating group) is 1. The maximum atomic E-state index is 11.5. The molecule has 0 aliphatic carbocycles. The van der Waals surface area contributed by atoms with Crippen molar-refractivity contribution in [2.45, 2.75) is 26.4 Å². The summed E-state index contributed by atoms with van der Waals surface area (Å²) in [7, 11) is 1.74. The highest BCUT2D eigenvalue weighted by atomic mass is 16.5. The summed E-state index contributed by atoms with van der Waals surface area (Å²) >= 11 is 0. The first kappa shape index (κ1) is 14.2. The molecule has 0 spiro atoms. The molecule has 18 heavy (non-hydrogen) atoms. The van der Waals surface area contributed by atoms with Gasteiger partial charge in [0.25, 0.3) is 0 Å². The minimum absolute atomic E-state index is 0.0922. The van der Waals surface area contributed by atoms with Crippen LogP contribution in [-0.2, 0) is 11.3 Å². The highest BCUT2D eigenvalue weighted by Gasteiger charge is 2.13. The number of carbonyl (C=O) groups is 2. The van der Waals surface area contributed by atoms with Crippen molar-refractivity contribution >= 4 is 11.9 Å². The highest BCUT2D eigenvalue weighted by molar-refractivity contribution is 5.85. The van der Waals surface area contributed by atoms with Gasteiger partial charge in [-0.1, -0.05) is 5.16 Å². The van der Waals surface area contributed by atoms with E-state index in [2.05, 4.69) is 10.5 Å². The fourth-order valence-corrected chi connectivity index (χ4v) is 1.42. The Morgan fingerprint density at radius 1 is 1.56 bits per heavy atom. The molecule has 0 fully saturated rings. The number of amides is 1. The number of carboxylic acid groups (broad SMARTS) is 1. The van der Waals surface area contributed by atoms with E-state index in [1.807, 2.05) is 13.8 Å². The van der Waals surface area contributed by atoms with Gasteiger partial charge in [0.15, 0.2) is 11.5 Å². The fraction of sp³-hybridized carbons (Fsp3) is 0.545. The summed E-state index contributed by atoms with van der Waals surface area (Å²) in [6, 6.07) is 1.44. The van der Waals surface area contributed by atoms with Crippen LogP contribution in [-0.4, -0.2) is 46.7 Å². The minimum atomic E-state index is -1.13. The number of carbonyl (C=O) groups excluding carboxylic acids is 1. The van der Waals surface area contributed by atoms with Crippen LogP contribution in [0.15, 0.2) is 10.6 Å². The standard InChI is InChI=1S/C11H17N3O4/c1-7(2)12-10(15)6-14(3)5-8-4-9(11(16)17)13-18-8/h4,7H,5-6H2,1-3H3,(H,12,15)(H,16,17). The van der Waals surface area contributed by atoms with E-state index in [9.17, 15) is 9.59 Å². The van der Waals surface area contributed by atoms with E-state index >= 15 is 0 Å². The van der Waals surface area contributed by atoms with E-state index in [1.54, 1.807) is 11.9 Å². The van der Waals surface area contributed by atoms with Gasteiger partial charge in [0.05, 0.1) is 13.1 Å². The molecule has 7 heteroatoms. The summed E-state index contributed by atoms with van der Waals surface area (Å²) in [6.45, 7) is 4.30. The lowest BCUT2D eigenvalue weighted by Gasteiger charge is -2.15. The van der Waals surface area contributed by atoms with Crippen LogP contribution >= 0.6 is 0 Å².